The lowest BCUT2D eigenvalue weighted by Crippen LogP contribution is -2.53. The maximum atomic E-state index is 12.2. The number of amides is 3. The minimum absolute atomic E-state index is 0.0203. The number of nitrogens with one attached hydrogen (secondary N) is 2. The molecule has 2 aliphatic rings. The van der Waals surface area contributed by atoms with Crippen LogP contribution in [0.2, 0.25) is 0 Å². The quantitative estimate of drug-likeness (QED) is 0.751. The molecule has 9 nitrogen and oxygen atoms in total. The van der Waals surface area contributed by atoms with Crippen LogP contribution in [0.4, 0.5) is 10.7 Å². The highest BCUT2D eigenvalue weighted by Crippen LogP contribution is 2.11. The Kier molecular flexibility index (Phi) is 5.99. The Morgan fingerprint density at radius 3 is 2.60 bits per heavy atom. The molecule has 1 aromatic heterocycles. The van der Waals surface area contributed by atoms with Crippen molar-refractivity contribution in [3.05, 3.63) is 18.5 Å². The summed E-state index contributed by atoms with van der Waals surface area (Å²) in [5.74, 6) is 0.483. The Bertz CT molecular complexity index is 570. The van der Waals surface area contributed by atoms with Gasteiger partial charge in [0.05, 0.1) is 12.6 Å². The van der Waals surface area contributed by atoms with Gasteiger partial charge in [0.1, 0.15) is 0 Å². The van der Waals surface area contributed by atoms with E-state index >= 15 is 0 Å². The van der Waals surface area contributed by atoms with Crippen molar-refractivity contribution in [1.29, 1.82) is 0 Å². The molecule has 3 rings (SSSR count). The summed E-state index contributed by atoms with van der Waals surface area (Å²) >= 11 is 0. The number of urea groups is 1. The Morgan fingerprint density at radius 2 is 1.92 bits per heavy atom. The normalized spacial score (nSPS) is 20.4. The van der Waals surface area contributed by atoms with Gasteiger partial charge in [0.2, 0.25) is 11.9 Å². The van der Waals surface area contributed by atoms with E-state index in [1.54, 1.807) is 23.4 Å². The number of rotatable bonds is 5. The lowest BCUT2D eigenvalue weighted by Gasteiger charge is -2.34. The van der Waals surface area contributed by atoms with Gasteiger partial charge in [-0.2, -0.15) is 0 Å². The van der Waals surface area contributed by atoms with E-state index in [1.807, 2.05) is 4.90 Å². The Hall–Kier alpha value is -2.42. The number of hydrogen-bond donors (Lipinski definition) is 2. The first-order valence-electron chi connectivity index (χ1n) is 8.65. The number of nitrogens with zero attached hydrogens (tertiary/aromatic N) is 4. The number of ether oxygens (including phenoxy) is 1. The van der Waals surface area contributed by atoms with Crippen LogP contribution in [-0.2, 0) is 9.53 Å². The van der Waals surface area contributed by atoms with Crippen molar-refractivity contribution in [2.24, 2.45) is 0 Å². The maximum Gasteiger partial charge on any atom is 0.317 e. The average Bonchev–Trinajstić information content (AvgIpc) is 3.19. The smallest absolute Gasteiger partial charge is 0.317 e. The average molecular weight is 348 g/mol. The van der Waals surface area contributed by atoms with Gasteiger partial charge in [0, 0.05) is 51.7 Å². The zero-order valence-electron chi connectivity index (χ0n) is 14.2. The van der Waals surface area contributed by atoms with Crippen molar-refractivity contribution in [1.82, 2.24) is 25.5 Å². The van der Waals surface area contributed by atoms with Gasteiger partial charge in [-0.05, 0) is 18.9 Å². The predicted octanol–water partition coefficient (Wildman–Crippen LogP) is -0.397. The van der Waals surface area contributed by atoms with Crippen LogP contribution >= 0.6 is 0 Å². The monoisotopic (exact) mass is 348 g/mol. The van der Waals surface area contributed by atoms with Gasteiger partial charge < -0.3 is 25.2 Å². The van der Waals surface area contributed by atoms with E-state index < -0.39 is 0 Å². The number of hydrogen-bond acceptors (Lipinski definition) is 6. The topological polar surface area (TPSA) is 99.7 Å². The minimum atomic E-state index is -0.221. The zero-order valence-corrected chi connectivity index (χ0v) is 14.2. The van der Waals surface area contributed by atoms with Crippen LogP contribution in [0, 0.1) is 0 Å². The second-order valence-electron chi connectivity index (χ2n) is 6.12. The van der Waals surface area contributed by atoms with E-state index in [1.165, 1.54) is 0 Å². The molecular formula is C16H24N6O3. The van der Waals surface area contributed by atoms with Gasteiger partial charge in [-0.1, -0.05) is 0 Å². The zero-order chi connectivity index (χ0) is 17.5. The summed E-state index contributed by atoms with van der Waals surface area (Å²) in [5, 5.41) is 5.46. The molecule has 3 heterocycles. The fourth-order valence-electron chi connectivity index (χ4n) is 2.93. The van der Waals surface area contributed by atoms with Crippen LogP contribution in [-0.4, -0.2) is 78.8 Å². The van der Waals surface area contributed by atoms with E-state index in [-0.39, 0.29) is 24.6 Å². The lowest BCUT2D eigenvalue weighted by molar-refractivity contribution is -0.120. The van der Waals surface area contributed by atoms with Gasteiger partial charge in [0.15, 0.2) is 0 Å². The molecule has 0 bridgehead atoms. The minimum Gasteiger partial charge on any atom is -0.376 e. The first kappa shape index (κ1) is 17.4. The lowest BCUT2D eigenvalue weighted by atomic mass is 10.2. The fraction of sp³-hybridized carbons (Fsp3) is 0.625. The molecule has 0 spiro atoms. The molecule has 0 aliphatic carbocycles. The van der Waals surface area contributed by atoms with Gasteiger partial charge >= 0.3 is 6.03 Å². The molecule has 0 radical (unpaired) electrons. The molecule has 2 saturated heterocycles. The largest absolute Gasteiger partial charge is 0.376 e. The molecule has 9 heteroatoms. The molecule has 1 unspecified atom stereocenters. The summed E-state index contributed by atoms with van der Waals surface area (Å²) in [6.45, 7) is 3.73. The van der Waals surface area contributed by atoms with Crippen LogP contribution in [0.1, 0.15) is 12.8 Å². The number of piperazine rings is 1. The summed E-state index contributed by atoms with van der Waals surface area (Å²) in [7, 11) is 0. The first-order valence-corrected chi connectivity index (χ1v) is 8.65. The molecule has 0 saturated carbocycles. The van der Waals surface area contributed by atoms with Gasteiger partial charge in [-0.3, -0.25) is 4.79 Å². The summed E-state index contributed by atoms with van der Waals surface area (Å²) in [6, 6.07) is 1.55. The third kappa shape index (κ3) is 5.02. The van der Waals surface area contributed by atoms with Crippen LogP contribution < -0.4 is 15.5 Å². The van der Waals surface area contributed by atoms with Crippen molar-refractivity contribution >= 4 is 17.9 Å². The van der Waals surface area contributed by atoms with Crippen molar-refractivity contribution in [3.8, 4) is 0 Å². The van der Waals surface area contributed by atoms with E-state index in [4.69, 9.17) is 4.74 Å². The highest BCUT2D eigenvalue weighted by Gasteiger charge is 2.23. The van der Waals surface area contributed by atoms with Crippen molar-refractivity contribution < 1.29 is 14.3 Å². The van der Waals surface area contributed by atoms with Crippen molar-refractivity contribution in [3.63, 3.8) is 0 Å². The number of carbonyl (C=O) groups excluding carboxylic acids is 2. The van der Waals surface area contributed by atoms with E-state index in [9.17, 15) is 9.59 Å². The fourth-order valence-corrected chi connectivity index (χ4v) is 2.93. The van der Waals surface area contributed by atoms with Crippen LogP contribution in [0.3, 0.4) is 0 Å². The third-order valence-electron chi connectivity index (χ3n) is 4.35. The summed E-state index contributed by atoms with van der Waals surface area (Å²) in [6.07, 6.45) is 5.53. The van der Waals surface area contributed by atoms with Gasteiger partial charge in [0.25, 0.3) is 0 Å². The maximum absolute atomic E-state index is 12.2. The summed E-state index contributed by atoms with van der Waals surface area (Å²) in [4.78, 5) is 36.1. The highest BCUT2D eigenvalue weighted by molar-refractivity contribution is 5.84. The molecular weight excluding hydrogens is 324 g/mol. The second kappa shape index (κ2) is 8.61. The molecule has 2 aliphatic heterocycles. The number of anilines is 1. The predicted molar refractivity (Wildman–Crippen MR) is 91.2 cm³/mol. The van der Waals surface area contributed by atoms with E-state index in [2.05, 4.69) is 20.6 Å². The molecule has 2 N–H and O–H groups in total. The highest BCUT2D eigenvalue weighted by atomic mass is 16.5. The van der Waals surface area contributed by atoms with Crippen molar-refractivity contribution in [2.75, 3.05) is 50.8 Å². The first-order chi connectivity index (χ1) is 12.2. The SMILES string of the molecule is O=C(CNC(=O)N1CCN(c2ncccn2)CC1)NCC1CCCO1. The molecule has 2 fully saturated rings. The van der Waals surface area contributed by atoms with Crippen molar-refractivity contribution in [2.45, 2.75) is 18.9 Å². The van der Waals surface area contributed by atoms with Gasteiger partial charge in [-0.15, -0.1) is 0 Å². The molecule has 1 aromatic rings. The Labute approximate surface area is 146 Å². The second-order valence-corrected chi connectivity index (χ2v) is 6.12. The third-order valence-corrected chi connectivity index (χ3v) is 4.35. The van der Waals surface area contributed by atoms with Crippen LogP contribution in [0.25, 0.3) is 0 Å². The molecule has 3 amide bonds. The molecule has 25 heavy (non-hydrogen) atoms. The number of aromatic nitrogens is 2. The summed E-state index contributed by atoms with van der Waals surface area (Å²) in [5.41, 5.74) is 0. The van der Waals surface area contributed by atoms with Crippen LogP contribution in [0.15, 0.2) is 18.5 Å². The molecule has 0 aromatic carbocycles. The van der Waals surface area contributed by atoms with Crippen LogP contribution in [0.5, 0.6) is 0 Å². The Morgan fingerprint density at radius 1 is 1.16 bits per heavy atom. The Balaban J connectivity index is 1.34. The molecule has 1 atom stereocenters. The van der Waals surface area contributed by atoms with Gasteiger partial charge in [-0.25, -0.2) is 14.8 Å². The van der Waals surface area contributed by atoms with E-state index in [0.29, 0.717) is 38.7 Å². The van der Waals surface area contributed by atoms with E-state index in [0.717, 1.165) is 19.4 Å². The standard InChI is InChI=1S/C16H24N6O3/c23-14(19-11-13-3-1-10-25-13)12-20-16(24)22-8-6-21(7-9-22)15-17-4-2-5-18-15/h2,4-5,13H,1,3,6-12H2,(H,19,23)(H,20,24). The number of carbonyl (C=O) groups is 2. The summed E-state index contributed by atoms with van der Waals surface area (Å²) < 4.78 is 5.45. The molecule has 136 valence electrons.